The van der Waals surface area contributed by atoms with Crippen LogP contribution in [0, 0.1) is 13.8 Å². The van der Waals surface area contributed by atoms with E-state index in [4.69, 9.17) is 14.2 Å². The number of rotatable bonds is 8. The molecule has 0 spiro atoms. The number of carbonyl (C=O) groups excluding carboxylic acids is 1. The fourth-order valence-corrected chi connectivity index (χ4v) is 4.38. The normalized spacial score (nSPS) is 13.5. The minimum atomic E-state index is 0.0382. The maximum absolute atomic E-state index is 13.4. The molecule has 1 fully saturated rings. The largest absolute Gasteiger partial charge is 0.497 e. The van der Waals surface area contributed by atoms with Crippen LogP contribution in [0.5, 0.6) is 17.2 Å². The van der Waals surface area contributed by atoms with E-state index in [9.17, 15) is 4.79 Å². The first-order valence-corrected chi connectivity index (χ1v) is 12.1. The van der Waals surface area contributed by atoms with E-state index >= 15 is 0 Å². The average molecular weight is 475 g/mol. The molecule has 4 rings (SSSR count). The molecule has 0 atom stereocenters. The van der Waals surface area contributed by atoms with Crippen LogP contribution in [0.1, 0.15) is 34.0 Å². The molecule has 1 aliphatic rings. The quantitative estimate of drug-likeness (QED) is 0.446. The Bertz CT molecular complexity index is 1170. The Morgan fingerprint density at radius 1 is 0.886 bits per heavy atom. The highest BCUT2D eigenvalue weighted by molar-refractivity contribution is 5.94. The van der Waals surface area contributed by atoms with Crippen molar-refractivity contribution in [2.75, 3.05) is 44.8 Å². The highest BCUT2D eigenvalue weighted by atomic mass is 16.5. The molecule has 0 bridgehead atoms. The van der Waals surface area contributed by atoms with Gasteiger partial charge in [0.1, 0.15) is 23.9 Å². The molecule has 0 N–H and O–H groups in total. The highest BCUT2D eigenvalue weighted by Crippen LogP contribution is 2.27. The molecule has 35 heavy (non-hydrogen) atoms. The van der Waals surface area contributed by atoms with Crippen LogP contribution in [0.25, 0.3) is 0 Å². The molecule has 1 heterocycles. The molecule has 1 aliphatic heterocycles. The molecular weight excluding hydrogens is 440 g/mol. The monoisotopic (exact) mass is 474 g/mol. The van der Waals surface area contributed by atoms with Crippen molar-refractivity contribution in [3.8, 4) is 17.2 Å². The van der Waals surface area contributed by atoms with Crippen molar-refractivity contribution in [3.63, 3.8) is 0 Å². The molecule has 0 saturated carbocycles. The highest BCUT2D eigenvalue weighted by Gasteiger charge is 2.24. The van der Waals surface area contributed by atoms with Gasteiger partial charge in [0.25, 0.3) is 5.91 Å². The summed E-state index contributed by atoms with van der Waals surface area (Å²) in [4.78, 5) is 17.7. The zero-order valence-electron chi connectivity index (χ0n) is 21.0. The van der Waals surface area contributed by atoms with E-state index in [2.05, 4.69) is 36.9 Å². The summed E-state index contributed by atoms with van der Waals surface area (Å²) in [6, 6.07) is 19.5. The Morgan fingerprint density at radius 3 is 2.37 bits per heavy atom. The fraction of sp³-hybridized carbons (Fsp3) is 0.345. The van der Waals surface area contributed by atoms with Crippen LogP contribution in [0.4, 0.5) is 5.69 Å². The predicted octanol–water partition coefficient (Wildman–Crippen LogP) is 5.25. The van der Waals surface area contributed by atoms with Crippen molar-refractivity contribution in [1.29, 1.82) is 0 Å². The summed E-state index contributed by atoms with van der Waals surface area (Å²) in [7, 11) is 1.63. The number of hydrogen-bond donors (Lipinski definition) is 0. The first-order chi connectivity index (χ1) is 17.0. The van der Waals surface area contributed by atoms with Gasteiger partial charge in [0.2, 0.25) is 0 Å². The summed E-state index contributed by atoms with van der Waals surface area (Å²) in [5, 5.41) is 0. The summed E-state index contributed by atoms with van der Waals surface area (Å²) in [5.74, 6) is 2.20. The number of piperazine rings is 1. The summed E-state index contributed by atoms with van der Waals surface area (Å²) in [6.45, 7) is 10.1. The second-order valence-electron chi connectivity index (χ2n) is 8.72. The smallest absolute Gasteiger partial charge is 0.253 e. The Morgan fingerprint density at radius 2 is 1.63 bits per heavy atom. The Labute approximate surface area is 208 Å². The maximum atomic E-state index is 13.4. The van der Waals surface area contributed by atoms with Gasteiger partial charge in [-0.05, 0) is 68.3 Å². The number of nitrogens with zero attached hydrogens (tertiary/aromatic N) is 2. The van der Waals surface area contributed by atoms with Crippen molar-refractivity contribution >= 4 is 11.6 Å². The van der Waals surface area contributed by atoms with E-state index in [0.29, 0.717) is 37.6 Å². The van der Waals surface area contributed by atoms with Gasteiger partial charge >= 0.3 is 0 Å². The number of ether oxygens (including phenoxy) is 3. The van der Waals surface area contributed by atoms with Gasteiger partial charge in [0.15, 0.2) is 0 Å². The number of amides is 1. The second-order valence-corrected chi connectivity index (χ2v) is 8.72. The first-order valence-electron chi connectivity index (χ1n) is 12.1. The van der Waals surface area contributed by atoms with Crippen molar-refractivity contribution in [2.45, 2.75) is 27.4 Å². The lowest BCUT2D eigenvalue weighted by molar-refractivity contribution is 0.0746. The topological polar surface area (TPSA) is 51.2 Å². The first kappa shape index (κ1) is 24.5. The van der Waals surface area contributed by atoms with Crippen molar-refractivity contribution in [3.05, 3.63) is 82.9 Å². The lowest BCUT2D eigenvalue weighted by Gasteiger charge is -2.37. The molecule has 6 heteroatoms. The van der Waals surface area contributed by atoms with Crippen LogP contribution in [0.3, 0.4) is 0 Å². The molecular formula is C29H34N2O4. The fourth-order valence-electron chi connectivity index (χ4n) is 4.38. The Kier molecular flexibility index (Phi) is 7.80. The zero-order chi connectivity index (χ0) is 24.8. The van der Waals surface area contributed by atoms with Gasteiger partial charge in [-0.15, -0.1) is 0 Å². The van der Waals surface area contributed by atoms with Gasteiger partial charge in [0.05, 0.1) is 13.7 Å². The summed E-state index contributed by atoms with van der Waals surface area (Å²) in [5.41, 5.74) is 5.35. The standard InChI is InChI=1S/C29H34N2O4/c1-5-34-28-13-12-23(18-24(28)20-35-26-10-7-9-25(19-26)33-4)29(32)31-16-14-30(15-17-31)27-11-6-8-21(2)22(27)3/h6-13,18-19H,5,14-17,20H2,1-4H3. The molecule has 1 amide bonds. The molecule has 6 nitrogen and oxygen atoms in total. The lowest BCUT2D eigenvalue weighted by Crippen LogP contribution is -2.49. The van der Waals surface area contributed by atoms with Crippen LogP contribution in [0.2, 0.25) is 0 Å². The van der Waals surface area contributed by atoms with Gasteiger partial charge in [-0.2, -0.15) is 0 Å². The van der Waals surface area contributed by atoms with E-state index in [1.165, 1.54) is 16.8 Å². The number of benzene rings is 3. The third-order valence-electron chi connectivity index (χ3n) is 6.53. The van der Waals surface area contributed by atoms with Crippen molar-refractivity contribution < 1.29 is 19.0 Å². The maximum Gasteiger partial charge on any atom is 0.253 e. The molecule has 0 unspecified atom stereocenters. The van der Waals surface area contributed by atoms with Gasteiger partial charge in [-0.3, -0.25) is 4.79 Å². The van der Waals surface area contributed by atoms with E-state index in [0.717, 1.165) is 30.2 Å². The predicted molar refractivity (Wildman–Crippen MR) is 139 cm³/mol. The minimum absolute atomic E-state index is 0.0382. The summed E-state index contributed by atoms with van der Waals surface area (Å²) < 4.78 is 17.1. The van der Waals surface area contributed by atoms with Crippen molar-refractivity contribution in [1.82, 2.24) is 4.90 Å². The minimum Gasteiger partial charge on any atom is -0.497 e. The lowest BCUT2D eigenvalue weighted by atomic mass is 10.1. The van der Waals surface area contributed by atoms with E-state index in [-0.39, 0.29) is 5.91 Å². The SMILES string of the molecule is CCOc1ccc(C(=O)N2CCN(c3cccc(C)c3C)CC2)cc1COc1cccc(OC)c1. The number of methoxy groups -OCH3 is 1. The number of aryl methyl sites for hydroxylation is 1. The van der Waals surface area contributed by atoms with Crippen LogP contribution >= 0.6 is 0 Å². The van der Waals surface area contributed by atoms with E-state index < -0.39 is 0 Å². The summed E-state index contributed by atoms with van der Waals surface area (Å²) in [6.07, 6.45) is 0. The number of carbonyl (C=O) groups is 1. The number of hydrogen-bond acceptors (Lipinski definition) is 5. The van der Waals surface area contributed by atoms with Gasteiger partial charge in [-0.25, -0.2) is 0 Å². The van der Waals surface area contributed by atoms with Gasteiger partial charge < -0.3 is 24.0 Å². The second kappa shape index (κ2) is 11.2. The third kappa shape index (κ3) is 5.70. The van der Waals surface area contributed by atoms with Crippen LogP contribution < -0.4 is 19.1 Å². The molecule has 0 radical (unpaired) electrons. The van der Waals surface area contributed by atoms with Crippen LogP contribution in [-0.4, -0.2) is 50.7 Å². The van der Waals surface area contributed by atoms with Crippen LogP contribution in [-0.2, 0) is 6.61 Å². The Hall–Kier alpha value is -3.67. The zero-order valence-corrected chi connectivity index (χ0v) is 21.0. The molecule has 3 aromatic carbocycles. The molecule has 184 valence electrons. The molecule has 0 aromatic heterocycles. The van der Waals surface area contributed by atoms with Crippen LogP contribution in [0.15, 0.2) is 60.7 Å². The molecule has 0 aliphatic carbocycles. The third-order valence-corrected chi connectivity index (χ3v) is 6.53. The van der Waals surface area contributed by atoms with Gasteiger partial charge in [0, 0.05) is 49.1 Å². The number of anilines is 1. The van der Waals surface area contributed by atoms with Crippen molar-refractivity contribution in [2.24, 2.45) is 0 Å². The molecule has 3 aromatic rings. The average Bonchev–Trinajstić information content (AvgIpc) is 2.89. The van der Waals surface area contributed by atoms with E-state index in [1.54, 1.807) is 7.11 Å². The Balaban J connectivity index is 1.45. The van der Waals surface area contributed by atoms with Gasteiger partial charge in [-0.1, -0.05) is 18.2 Å². The summed E-state index contributed by atoms with van der Waals surface area (Å²) >= 11 is 0. The molecule has 1 saturated heterocycles. The van der Waals surface area contributed by atoms with E-state index in [1.807, 2.05) is 54.3 Å².